The summed E-state index contributed by atoms with van der Waals surface area (Å²) in [5, 5.41) is 1.83. The number of halogens is 1. The van der Waals surface area contributed by atoms with Crippen molar-refractivity contribution in [2.24, 2.45) is 5.73 Å². The molecule has 5 heteroatoms. The Morgan fingerprint density at radius 2 is 2.42 bits per heavy atom. The summed E-state index contributed by atoms with van der Waals surface area (Å²) in [7, 11) is 1.36. The van der Waals surface area contributed by atoms with E-state index in [-0.39, 0.29) is 18.4 Å². The molecule has 1 rings (SSSR count). The van der Waals surface area contributed by atoms with E-state index in [4.69, 9.17) is 5.73 Å². The minimum Gasteiger partial charge on any atom is -0.465 e. The molecule has 0 amide bonds. The van der Waals surface area contributed by atoms with Gasteiger partial charge in [-0.25, -0.2) is 4.79 Å². The van der Waals surface area contributed by atoms with E-state index in [0.29, 0.717) is 12.1 Å². The molecule has 0 atom stereocenters. The van der Waals surface area contributed by atoms with Crippen LogP contribution in [0.4, 0.5) is 0 Å². The maximum Gasteiger partial charge on any atom is 0.339 e. The molecule has 12 heavy (non-hydrogen) atoms. The fraction of sp³-hybridized carbons (Fsp3) is 0.286. The highest BCUT2D eigenvalue weighted by atomic mass is 35.5. The first-order chi connectivity index (χ1) is 5.29. The van der Waals surface area contributed by atoms with Gasteiger partial charge in [0.1, 0.15) is 0 Å². The van der Waals surface area contributed by atoms with Gasteiger partial charge in [0.25, 0.3) is 0 Å². The van der Waals surface area contributed by atoms with Crippen LogP contribution in [0.25, 0.3) is 0 Å². The van der Waals surface area contributed by atoms with Crippen LogP contribution in [-0.4, -0.2) is 13.1 Å². The number of rotatable bonds is 2. The number of hydrogen-bond acceptors (Lipinski definition) is 4. The molecule has 0 saturated heterocycles. The van der Waals surface area contributed by atoms with Crippen LogP contribution in [0.15, 0.2) is 11.4 Å². The molecule has 0 fully saturated rings. The molecule has 0 aliphatic heterocycles. The van der Waals surface area contributed by atoms with Crippen molar-refractivity contribution in [3.63, 3.8) is 0 Å². The number of hydrogen-bond donors (Lipinski definition) is 1. The molecule has 0 aliphatic rings. The van der Waals surface area contributed by atoms with Crippen LogP contribution in [0.5, 0.6) is 0 Å². The monoisotopic (exact) mass is 207 g/mol. The van der Waals surface area contributed by atoms with E-state index in [1.165, 1.54) is 18.4 Å². The molecule has 1 aromatic rings. The number of methoxy groups -OCH3 is 1. The summed E-state index contributed by atoms with van der Waals surface area (Å²) in [5.41, 5.74) is 5.97. The molecular formula is C7H10ClNO2S. The lowest BCUT2D eigenvalue weighted by Crippen LogP contribution is -2.05. The smallest absolute Gasteiger partial charge is 0.339 e. The molecule has 0 radical (unpaired) electrons. The van der Waals surface area contributed by atoms with Gasteiger partial charge in [-0.1, -0.05) is 0 Å². The minimum atomic E-state index is -0.313. The van der Waals surface area contributed by atoms with E-state index in [1.807, 2.05) is 5.38 Å². The number of carbonyl (C=O) groups excluding carboxylic acids is 1. The van der Waals surface area contributed by atoms with Crippen LogP contribution in [-0.2, 0) is 11.3 Å². The number of carbonyl (C=O) groups is 1. The van der Waals surface area contributed by atoms with Gasteiger partial charge >= 0.3 is 5.97 Å². The molecule has 1 aromatic heterocycles. The van der Waals surface area contributed by atoms with Crippen LogP contribution in [0.2, 0.25) is 0 Å². The predicted octanol–water partition coefficient (Wildman–Crippen LogP) is 1.42. The first-order valence-electron chi connectivity index (χ1n) is 3.14. The zero-order valence-corrected chi connectivity index (χ0v) is 8.21. The Morgan fingerprint density at radius 3 is 2.92 bits per heavy atom. The van der Waals surface area contributed by atoms with Gasteiger partial charge in [0.15, 0.2) is 0 Å². The molecule has 0 aliphatic carbocycles. The molecule has 68 valence electrons. The van der Waals surface area contributed by atoms with E-state index in [0.717, 1.165) is 4.88 Å². The fourth-order valence-corrected chi connectivity index (χ4v) is 1.53. The number of nitrogens with two attached hydrogens (primary N) is 1. The fourth-order valence-electron chi connectivity index (χ4n) is 0.791. The first-order valence-corrected chi connectivity index (χ1v) is 4.02. The van der Waals surface area contributed by atoms with Crippen molar-refractivity contribution < 1.29 is 9.53 Å². The highest BCUT2D eigenvalue weighted by Gasteiger charge is 2.10. The maximum absolute atomic E-state index is 11.0. The van der Waals surface area contributed by atoms with Crippen LogP contribution < -0.4 is 5.73 Å². The third kappa shape index (κ3) is 2.20. The van der Waals surface area contributed by atoms with E-state index in [2.05, 4.69) is 4.74 Å². The minimum absolute atomic E-state index is 0. The van der Waals surface area contributed by atoms with Gasteiger partial charge in [-0.2, -0.15) is 0 Å². The van der Waals surface area contributed by atoms with Gasteiger partial charge in [0.2, 0.25) is 0 Å². The van der Waals surface area contributed by atoms with Crippen LogP contribution >= 0.6 is 23.7 Å². The molecule has 2 N–H and O–H groups in total. The maximum atomic E-state index is 11.0. The summed E-state index contributed by atoms with van der Waals surface area (Å²) in [4.78, 5) is 11.9. The largest absolute Gasteiger partial charge is 0.465 e. The van der Waals surface area contributed by atoms with E-state index >= 15 is 0 Å². The first kappa shape index (κ1) is 11.4. The van der Waals surface area contributed by atoms with Crippen LogP contribution in [0.3, 0.4) is 0 Å². The summed E-state index contributed by atoms with van der Waals surface area (Å²) in [6, 6.07) is 1.72. The van der Waals surface area contributed by atoms with Gasteiger partial charge in [0, 0.05) is 11.4 Å². The zero-order chi connectivity index (χ0) is 8.27. The second-order valence-electron chi connectivity index (χ2n) is 1.95. The molecule has 1 heterocycles. The summed E-state index contributed by atoms with van der Waals surface area (Å²) in [6.07, 6.45) is 0. The third-order valence-electron chi connectivity index (χ3n) is 1.34. The normalized spacial score (nSPS) is 8.83. The Balaban J connectivity index is 0.00000121. The van der Waals surface area contributed by atoms with Crippen molar-refractivity contribution in [3.8, 4) is 0 Å². The Bertz CT molecular complexity index is 262. The average Bonchev–Trinajstić information content (AvgIpc) is 2.50. The van der Waals surface area contributed by atoms with E-state index in [1.54, 1.807) is 6.07 Å². The summed E-state index contributed by atoms with van der Waals surface area (Å²) in [6.45, 7) is 0.391. The molecule has 0 saturated carbocycles. The number of ether oxygens (including phenoxy) is 1. The molecule has 0 unspecified atom stereocenters. The topological polar surface area (TPSA) is 52.3 Å². The van der Waals surface area contributed by atoms with Gasteiger partial charge in [0.05, 0.1) is 12.7 Å². The van der Waals surface area contributed by atoms with Crippen LogP contribution in [0, 0.1) is 0 Å². The van der Waals surface area contributed by atoms with Crippen molar-refractivity contribution in [3.05, 3.63) is 21.9 Å². The SMILES string of the molecule is COC(=O)c1ccsc1CN.Cl. The Kier molecular flexibility index (Phi) is 4.89. The Morgan fingerprint density at radius 1 is 1.75 bits per heavy atom. The van der Waals surface area contributed by atoms with E-state index in [9.17, 15) is 4.79 Å². The molecule has 3 nitrogen and oxygen atoms in total. The lowest BCUT2D eigenvalue weighted by molar-refractivity contribution is 0.0600. The van der Waals surface area contributed by atoms with E-state index < -0.39 is 0 Å². The third-order valence-corrected chi connectivity index (χ3v) is 2.28. The van der Waals surface area contributed by atoms with Crippen LogP contribution in [0.1, 0.15) is 15.2 Å². The zero-order valence-electron chi connectivity index (χ0n) is 6.57. The van der Waals surface area contributed by atoms with Crippen molar-refractivity contribution in [2.75, 3.05) is 7.11 Å². The highest BCUT2D eigenvalue weighted by molar-refractivity contribution is 7.10. The second kappa shape index (κ2) is 5.13. The van der Waals surface area contributed by atoms with Crippen molar-refractivity contribution in [1.29, 1.82) is 0 Å². The average molecular weight is 208 g/mol. The van der Waals surface area contributed by atoms with Gasteiger partial charge in [-0.15, -0.1) is 23.7 Å². The standard InChI is InChI=1S/C7H9NO2S.ClH/c1-10-7(9)5-2-3-11-6(5)4-8;/h2-3H,4,8H2,1H3;1H. The lowest BCUT2D eigenvalue weighted by atomic mass is 10.2. The Hall–Kier alpha value is -0.580. The quantitative estimate of drug-likeness (QED) is 0.747. The second-order valence-corrected chi connectivity index (χ2v) is 2.95. The van der Waals surface area contributed by atoms with Gasteiger partial charge < -0.3 is 10.5 Å². The predicted molar refractivity (Wildman–Crippen MR) is 50.8 cm³/mol. The molecule has 0 bridgehead atoms. The summed E-state index contributed by atoms with van der Waals surface area (Å²) < 4.78 is 4.55. The molecule has 0 aromatic carbocycles. The molecule has 0 spiro atoms. The van der Waals surface area contributed by atoms with Crippen molar-refractivity contribution >= 4 is 29.7 Å². The van der Waals surface area contributed by atoms with Gasteiger partial charge in [-0.3, -0.25) is 0 Å². The summed E-state index contributed by atoms with van der Waals surface area (Å²) in [5.74, 6) is -0.313. The number of esters is 1. The summed E-state index contributed by atoms with van der Waals surface area (Å²) >= 11 is 1.47. The van der Waals surface area contributed by atoms with Gasteiger partial charge in [-0.05, 0) is 11.4 Å². The molecular weight excluding hydrogens is 198 g/mol. The Labute approximate surface area is 80.9 Å². The number of thiophene rings is 1. The lowest BCUT2D eigenvalue weighted by Gasteiger charge is -1.97. The highest BCUT2D eigenvalue weighted by Crippen LogP contribution is 2.16. The van der Waals surface area contributed by atoms with Crippen molar-refractivity contribution in [1.82, 2.24) is 0 Å². The van der Waals surface area contributed by atoms with Crippen molar-refractivity contribution in [2.45, 2.75) is 6.54 Å².